The van der Waals surface area contributed by atoms with Gasteiger partial charge in [-0.05, 0) is 32.4 Å². The van der Waals surface area contributed by atoms with E-state index in [9.17, 15) is 13.2 Å². The predicted octanol–water partition coefficient (Wildman–Crippen LogP) is 4.88. The van der Waals surface area contributed by atoms with Crippen molar-refractivity contribution in [3.8, 4) is 28.3 Å². The molecule has 0 spiro atoms. The molecule has 0 aliphatic carbocycles. The van der Waals surface area contributed by atoms with Crippen LogP contribution in [-0.2, 0) is 6.18 Å². The van der Waals surface area contributed by atoms with Crippen molar-refractivity contribution in [2.24, 2.45) is 0 Å². The maximum atomic E-state index is 13.0. The van der Waals surface area contributed by atoms with Crippen LogP contribution in [0.2, 0.25) is 0 Å². The molecule has 1 atom stereocenters. The van der Waals surface area contributed by atoms with Crippen LogP contribution >= 0.6 is 0 Å². The number of anilines is 1. The van der Waals surface area contributed by atoms with Gasteiger partial charge in [-0.2, -0.15) is 13.2 Å². The second kappa shape index (κ2) is 8.15. The summed E-state index contributed by atoms with van der Waals surface area (Å²) in [5, 5.41) is 8.40. The van der Waals surface area contributed by atoms with Gasteiger partial charge >= 0.3 is 6.18 Å². The van der Waals surface area contributed by atoms with Crippen LogP contribution in [0, 0.1) is 0 Å². The molecule has 0 radical (unpaired) electrons. The van der Waals surface area contributed by atoms with Crippen molar-refractivity contribution >= 4 is 5.82 Å². The minimum Gasteiger partial charge on any atom is -0.342 e. The first kappa shape index (κ1) is 21.9. The summed E-state index contributed by atoms with van der Waals surface area (Å²) >= 11 is 0. The zero-order valence-electron chi connectivity index (χ0n) is 18.7. The SMILES string of the molecule is CC[C@@H]1c2nncn2-c2cnc(-c3cncnc3-c3ccc(C(F)(F)F)cc3)nc2N1C(C)C. The Morgan fingerprint density at radius 2 is 1.82 bits per heavy atom. The molecule has 0 saturated heterocycles. The van der Waals surface area contributed by atoms with Gasteiger partial charge in [0.05, 0.1) is 29.1 Å². The maximum Gasteiger partial charge on any atom is 0.416 e. The summed E-state index contributed by atoms with van der Waals surface area (Å²) in [6.45, 7) is 6.25. The number of halogens is 3. The number of hydrogen-bond acceptors (Lipinski definition) is 7. The van der Waals surface area contributed by atoms with E-state index in [1.54, 1.807) is 18.7 Å². The maximum absolute atomic E-state index is 13.0. The molecular weight excluding hydrogens is 445 g/mol. The highest BCUT2D eigenvalue weighted by molar-refractivity contribution is 5.78. The first-order chi connectivity index (χ1) is 16.3. The van der Waals surface area contributed by atoms with E-state index < -0.39 is 11.7 Å². The van der Waals surface area contributed by atoms with E-state index in [1.165, 1.54) is 18.5 Å². The molecule has 4 heterocycles. The second-order valence-corrected chi connectivity index (χ2v) is 8.25. The Hall–Kier alpha value is -3.89. The normalized spacial score (nSPS) is 15.4. The Morgan fingerprint density at radius 3 is 2.50 bits per heavy atom. The molecule has 11 heteroatoms. The van der Waals surface area contributed by atoms with Crippen LogP contribution in [0.15, 0.2) is 49.3 Å². The summed E-state index contributed by atoms with van der Waals surface area (Å²) in [4.78, 5) is 20.1. The van der Waals surface area contributed by atoms with Crippen LogP contribution in [0.25, 0.3) is 28.3 Å². The van der Waals surface area contributed by atoms with Gasteiger partial charge in [0, 0.05) is 17.8 Å². The minimum absolute atomic E-state index is 0.0147. The van der Waals surface area contributed by atoms with Crippen molar-refractivity contribution in [2.75, 3.05) is 4.90 Å². The molecule has 5 rings (SSSR count). The van der Waals surface area contributed by atoms with Gasteiger partial charge in [-0.25, -0.2) is 19.9 Å². The number of fused-ring (bicyclic) bond motifs is 3. The lowest BCUT2D eigenvalue weighted by atomic mass is 10.0. The van der Waals surface area contributed by atoms with Gasteiger partial charge in [0.15, 0.2) is 17.5 Å². The van der Waals surface area contributed by atoms with Crippen molar-refractivity contribution in [3.63, 3.8) is 0 Å². The smallest absolute Gasteiger partial charge is 0.342 e. The third kappa shape index (κ3) is 3.57. The van der Waals surface area contributed by atoms with Crippen LogP contribution in [0.1, 0.15) is 44.6 Å². The zero-order chi connectivity index (χ0) is 24.0. The van der Waals surface area contributed by atoms with E-state index in [0.29, 0.717) is 22.6 Å². The molecule has 1 aromatic carbocycles. The summed E-state index contributed by atoms with van der Waals surface area (Å²) in [5.41, 5.74) is 1.53. The summed E-state index contributed by atoms with van der Waals surface area (Å²) in [6.07, 6.45) is 2.68. The monoisotopic (exact) mass is 466 g/mol. The fourth-order valence-electron chi connectivity index (χ4n) is 4.31. The molecule has 34 heavy (non-hydrogen) atoms. The van der Waals surface area contributed by atoms with E-state index in [1.807, 2.05) is 4.57 Å². The average Bonchev–Trinajstić information content (AvgIpc) is 3.32. The van der Waals surface area contributed by atoms with Crippen LogP contribution in [-0.4, -0.2) is 40.7 Å². The average molecular weight is 466 g/mol. The Morgan fingerprint density at radius 1 is 1.06 bits per heavy atom. The highest BCUT2D eigenvalue weighted by Gasteiger charge is 2.35. The van der Waals surface area contributed by atoms with E-state index >= 15 is 0 Å². The molecule has 0 fully saturated rings. The van der Waals surface area contributed by atoms with Gasteiger partial charge in [-0.1, -0.05) is 19.1 Å². The van der Waals surface area contributed by atoms with Crippen molar-refractivity contribution in [2.45, 2.75) is 45.5 Å². The molecule has 4 aromatic rings. The van der Waals surface area contributed by atoms with Crippen LogP contribution < -0.4 is 4.90 Å². The van der Waals surface area contributed by atoms with Gasteiger partial charge in [-0.15, -0.1) is 10.2 Å². The third-order valence-electron chi connectivity index (χ3n) is 5.84. The summed E-state index contributed by atoms with van der Waals surface area (Å²) in [6, 6.07) is 4.97. The number of nitrogens with zero attached hydrogens (tertiary/aromatic N) is 8. The molecule has 0 saturated carbocycles. The molecule has 174 valence electrons. The van der Waals surface area contributed by atoms with Gasteiger partial charge in [0.1, 0.15) is 18.3 Å². The molecule has 0 unspecified atom stereocenters. The molecule has 3 aromatic heterocycles. The van der Waals surface area contributed by atoms with E-state index in [0.717, 1.165) is 35.9 Å². The minimum atomic E-state index is -4.41. The molecular formula is C23H21F3N8. The largest absolute Gasteiger partial charge is 0.416 e. The van der Waals surface area contributed by atoms with E-state index in [-0.39, 0.29) is 12.1 Å². The third-order valence-corrected chi connectivity index (χ3v) is 5.84. The molecule has 0 amide bonds. The highest BCUT2D eigenvalue weighted by Crippen LogP contribution is 2.40. The topological polar surface area (TPSA) is 85.5 Å². The Labute approximate surface area is 193 Å². The van der Waals surface area contributed by atoms with Crippen molar-refractivity contribution in [1.29, 1.82) is 0 Å². The van der Waals surface area contributed by atoms with Crippen molar-refractivity contribution in [1.82, 2.24) is 34.7 Å². The molecule has 1 aliphatic rings. The van der Waals surface area contributed by atoms with Gasteiger partial charge < -0.3 is 4.90 Å². The lowest BCUT2D eigenvalue weighted by molar-refractivity contribution is -0.137. The van der Waals surface area contributed by atoms with Crippen LogP contribution in [0.3, 0.4) is 0 Å². The Bertz CT molecular complexity index is 1330. The van der Waals surface area contributed by atoms with E-state index in [2.05, 4.69) is 50.8 Å². The van der Waals surface area contributed by atoms with Crippen LogP contribution in [0.5, 0.6) is 0 Å². The molecule has 8 nitrogen and oxygen atoms in total. The van der Waals surface area contributed by atoms with Crippen molar-refractivity contribution < 1.29 is 13.2 Å². The molecule has 0 bridgehead atoms. The highest BCUT2D eigenvalue weighted by atomic mass is 19.4. The van der Waals surface area contributed by atoms with Gasteiger partial charge in [0.25, 0.3) is 0 Å². The lowest BCUT2D eigenvalue weighted by Gasteiger charge is -2.39. The number of aromatic nitrogens is 7. The molecule has 0 N–H and O–H groups in total. The van der Waals surface area contributed by atoms with Gasteiger partial charge in [-0.3, -0.25) is 4.57 Å². The number of rotatable bonds is 4. The summed E-state index contributed by atoms with van der Waals surface area (Å²) in [7, 11) is 0. The first-order valence-electron chi connectivity index (χ1n) is 10.8. The first-order valence-corrected chi connectivity index (χ1v) is 10.8. The second-order valence-electron chi connectivity index (χ2n) is 8.25. The predicted molar refractivity (Wildman–Crippen MR) is 119 cm³/mol. The fraction of sp³-hybridized carbons (Fsp3) is 0.304. The summed E-state index contributed by atoms with van der Waals surface area (Å²) < 4.78 is 40.9. The van der Waals surface area contributed by atoms with Crippen LogP contribution in [0.4, 0.5) is 19.0 Å². The fourth-order valence-corrected chi connectivity index (χ4v) is 4.31. The lowest BCUT2D eigenvalue weighted by Crippen LogP contribution is -2.40. The Balaban J connectivity index is 1.64. The quantitative estimate of drug-likeness (QED) is 0.424. The zero-order valence-corrected chi connectivity index (χ0v) is 18.7. The number of hydrogen-bond donors (Lipinski definition) is 0. The Kier molecular flexibility index (Phi) is 5.26. The number of benzene rings is 1. The van der Waals surface area contributed by atoms with E-state index in [4.69, 9.17) is 4.98 Å². The number of alkyl halides is 3. The van der Waals surface area contributed by atoms with Crippen molar-refractivity contribution in [3.05, 3.63) is 60.7 Å². The summed E-state index contributed by atoms with van der Waals surface area (Å²) in [5.74, 6) is 1.93. The standard InChI is InChI=1S/C23H21F3N8/c1-4-17-22-32-30-12-33(22)18-10-28-20(31-21(18)34(17)13(2)3)16-9-27-11-29-19(16)14-5-7-15(8-6-14)23(24,25)26/h5-13,17H,4H2,1-3H3/t17-/m1/s1. The molecule has 1 aliphatic heterocycles. The van der Waals surface area contributed by atoms with Gasteiger partial charge in [0.2, 0.25) is 0 Å².